The first-order chi connectivity index (χ1) is 6.89. The van der Waals surface area contributed by atoms with E-state index in [9.17, 15) is 4.79 Å². The maximum Gasteiger partial charge on any atom is 0.295 e. The smallest absolute Gasteiger partial charge is 0.270 e. The minimum absolute atomic E-state index is 0.181. The van der Waals surface area contributed by atoms with Crippen LogP contribution in [0.1, 0.15) is 26.5 Å². The molecule has 0 saturated heterocycles. The third-order valence-electron chi connectivity index (χ3n) is 1.93. The summed E-state index contributed by atoms with van der Waals surface area (Å²) < 4.78 is 1.87. The van der Waals surface area contributed by atoms with E-state index in [1.165, 1.54) is 15.9 Å². The maximum absolute atomic E-state index is 12.0. The molecular formula is C8H10N4OS2. The van der Waals surface area contributed by atoms with Gasteiger partial charge in [0.2, 0.25) is 4.96 Å². The highest BCUT2D eigenvalue weighted by Gasteiger charge is 2.22. The third kappa shape index (κ3) is 1.72. The van der Waals surface area contributed by atoms with Crippen molar-refractivity contribution < 1.29 is 0 Å². The van der Waals surface area contributed by atoms with Crippen molar-refractivity contribution >= 4 is 28.5 Å². The van der Waals surface area contributed by atoms with Gasteiger partial charge >= 0.3 is 0 Å². The second kappa shape index (κ2) is 3.21. The quantitative estimate of drug-likeness (QED) is 0.711. The number of fused-ring (bicyclic) bond motifs is 1. The number of aromatic nitrogens is 4. The van der Waals surface area contributed by atoms with Gasteiger partial charge in [-0.3, -0.25) is 9.89 Å². The van der Waals surface area contributed by atoms with Crippen molar-refractivity contribution in [2.75, 3.05) is 0 Å². The Bertz CT molecular complexity index is 616. The molecule has 0 unspecified atom stereocenters. The van der Waals surface area contributed by atoms with Crippen LogP contribution in [-0.4, -0.2) is 19.8 Å². The van der Waals surface area contributed by atoms with Gasteiger partial charge in [-0.1, -0.05) is 32.1 Å². The lowest BCUT2D eigenvalue weighted by Gasteiger charge is -2.14. The Morgan fingerprint density at radius 2 is 2.07 bits per heavy atom. The van der Waals surface area contributed by atoms with Crippen LogP contribution in [-0.2, 0) is 5.41 Å². The van der Waals surface area contributed by atoms with E-state index in [0.29, 0.717) is 14.6 Å². The van der Waals surface area contributed by atoms with E-state index in [1.807, 2.05) is 20.8 Å². The fraction of sp³-hybridized carbons (Fsp3) is 0.500. The second-order valence-corrected chi connectivity index (χ2v) is 5.87. The van der Waals surface area contributed by atoms with E-state index in [2.05, 4.69) is 15.3 Å². The largest absolute Gasteiger partial charge is 0.295 e. The zero-order valence-corrected chi connectivity index (χ0v) is 10.2. The van der Waals surface area contributed by atoms with Crippen molar-refractivity contribution in [2.45, 2.75) is 26.2 Å². The van der Waals surface area contributed by atoms with Gasteiger partial charge in [0.25, 0.3) is 5.56 Å². The number of H-pyrrole nitrogens is 1. The first kappa shape index (κ1) is 10.4. The Morgan fingerprint density at radius 3 is 2.67 bits per heavy atom. The molecule has 0 bridgehead atoms. The second-order valence-electron chi connectivity index (χ2n) is 4.22. The molecule has 0 radical (unpaired) electrons. The summed E-state index contributed by atoms with van der Waals surface area (Å²) in [6.45, 7) is 5.77. The van der Waals surface area contributed by atoms with Crippen molar-refractivity contribution in [1.29, 1.82) is 0 Å². The first-order valence-electron chi connectivity index (χ1n) is 4.38. The predicted molar refractivity (Wildman–Crippen MR) is 61.0 cm³/mol. The fourth-order valence-electron chi connectivity index (χ4n) is 1.21. The Hall–Kier alpha value is -1.08. The molecule has 0 aromatic carbocycles. The molecule has 0 aliphatic heterocycles. The van der Waals surface area contributed by atoms with Gasteiger partial charge in [0, 0.05) is 5.41 Å². The molecule has 2 rings (SSSR count). The van der Waals surface area contributed by atoms with Crippen molar-refractivity contribution in [3.8, 4) is 0 Å². The lowest BCUT2D eigenvalue weighted by molar-refractivity contribution is 0.542. The Labute approximate surface area is 94.8 Å². The zero-order chi connectivity index (χ0) is 11.2. The lowest BCUT2D eigenvalue weighted by Crippen LogP contribution is -2.30. The molecule has 0 amide bonds. The van der Waals surface area contributed by atoms with E-state index >= 15 is 0 Å². The molecule has 0 aliphatic rings. The van der Waals surface area contributed by atoms with E-state index < -0.39 is 0 Å². The molecule has 15 heavy (non-hydrogen) atoms. The number of hydrogen-bond donors (Lipinski definition) is 1. The third-order valence-corrected chi connectivity index (χ3v) is 2.99. The standard InChI is InChI=1S/C8H10N4OS2/c1-8(2,3)4-5(13)12-6(10-9-4)15-7(14)11-12/h1-3H3,(H,11,14). The molecular weight excluding hydrogens is 232 g/mol. The summed E-state index contributed by atoms with van der Waals surface area (Å²) in [5, 5.41) is 10.7. The Balaban J connectivity index is 2.87. The average Bonchev–Trinajstić information content (AvgIpc) is 2.44. The van der Waals surface area contributed by atoms with Crippen LogP contribution in [0.25, 0.3) is 4.96 Å². The molecule has 2 aromatic heterocycles. The molecule has 7 heteroatoms. The van der Waals surface area contributed by atoms with Crippen LogP contribution in [0.4, 0.5) is 0 Å². The van der Waals surface area contributed by atoms with E-state index in [0.717, 1.165) is 0 Å². The predicted octanol–water partition coefficient (Wildman–Crippen LogP) is 1.51. The van der Waals surface area contributed by atoms with Gasteiger partial charge in [-0.2, -0.15) is 4.52 Å². The summed E-state index contributed by atoms with van der Waals surface area (Å²) in [7, 11) is 0. The highest BCUT2D eigenvalue weighted by atomic mass is 32.1. The molecule has 1 N–H and O–H groups in total. The minimum atomic E-state index is -0.317. The highest BCUT2D eigenvalue weighted by Crippen LogP contribution is 2.16. The van der Waals surface area contributed by atoms with Gasteiger partial charge in [0.15, 0.2) is 3.95 Å². The number of aromatic amines is 1. The van der Waals surface area contributed by atoms with Crippen molar-refractivity contribution in [1.82, 2.24) is 19.8 Å². The van der Waals surface area contributed by atoms with Gasteiger partial charge in [0.05, 0.1) is 0 Å². The molecule has 0 aliphatic carbocycles. The normalized spacial score (nSPS) is 12.2. The SMILES string of the molecule is CC(C)(C)c1nnc2sc(=S)[nH]n2c1=O. The molecule has 0 spiro atoms. The lowest BCUT2D eigenvalue weighted by atomic mass is 9.93. The number of hydrogen-bond acceptors (Lipinski definition) is 5. The van der Waals surface area contributed by atoms with Crippen LogP contribution in [0.5, 0.6) is 0 Å². The average molecular weight is 242 g/mol. The highest BCUT2D eigenvalue weighted by molar-refractivity contribution is 7.73. The topological polar surface area (TPSA) is 63.1 Å². The maximum atomic E-state index is 12.0. The van der Waals surface area contributed by atoms with Crippen LogP contribution in [0.3, 0.4) is 0 Å². The van der Waals surface area contributed by atoms with Crippen LogP contribution in [0, 0.1) is 3.95 Å². The van der Waals surface area contributed by atoms with E-state index in [4.69, 9.17) is 12.2 Å². The number of nitrogens with one attached hydrogen (secondary N) is 1. The number of rotatable bonds is 0. The summed E-state index contributed by atoms with van der Waals surface area (Å²) in [5.41, 5.74) is -0.0632. The number of nitrogens with zero attached hydrogens (tertiary/aromatic N) is 3. The van der Waals surface area contributed by atoms with Gasteiger partial charge < -0.3 is 0 Å². The van der Waals surface area contributed by atoms with E-state index in [-0.39, 0.29) is 11.0 Å². The van der Waals surface area contributed by atoms with Gasteiger partial charge in [-0.15, -0.1) is 10.2 Å². The Morgan fingerprint density at radius 1 is 1.40 bits per heavy atom. The molecule has 0 atom stereocenters. The minimum Gasteiger partial charge on any atom is -0.270 e. The van der Waals surface area contributed by atoms with E-state index in [1.54, 1.807) is 0 Å². The van der Waals surface area contributed by atoms with Gasteiger partial charge in [-0.05, 0) is 12.2 Å². The fourth-order valence-corrected chi connectivity index (χ4v) is 2.12. The van der Waals surface area contributed by atoms with Crippen LogP contribution in [0.2, 0.25) is 0 Å². The Kier molecular flexibility index (Phi) is 2.23. The summed E-state index contributed by atoms with van der Waals surface area (Å²) in [4.78, 5) is 12.5. The summed E-state index contributed by atoms with van der Waals surface area (Å²) in [5.74, 6) is 0. The summed E-state index contributed by atoms with van der Waals surface area (Å²) in [6, 6.07) is 0. The molecule has 0 fully saturated rings. The first-order valence-corrected chi connectivity index (χ1v) is 5.61. The van der Waals surface area contributed by atoms with Crippen LogP contribution < -0.4 is 5.56 Å². The van der Waals surface area contributed by atoms with Crippen molar-refractivity contribution in [3.63, 3.8) is 0 Å². The van der Waals surface area contributed by atoms with Gasteiger partial charge in [-0.25, -0.2) is 0 Å². The molecule has 0 saturated carbocycles. The van der Waals surface area contributed by atoms with Crippen LogP contribution >= 0.6 is 23.6 Å². The summed E-state index contributed by atoms with van der Waals surface area (Å²) in [6.07, 6.45) is 0. The molecule has 80 valence electrons. The van der Waals surface area contributed by atoms with Crippen molar-refractivity contribution in [2.24, 2.45) is 0 Å². The van der Waals surface area contributed by atoms with Gasteiger partial charge in [0.1, 0.15) is 5.69 Å². The molecule has 2 aromatic rings. The zero-order valence-electron chi connectivity index (χ0n) is 8.57. The summed E-state index contributed by atoms with van der Waals surface area (Å²) >= 11 is 6.18. The monoisotopic (exact) mass is 242 g/mol. The molecule has 2 heterocycles. The van der Waals surface area contributed by atoms with Crippen LogP contribution in [0.15, 0.2) is 4.79 Å². The molecule has 5 nitrogen and oxygen atoms in total. The van der Waals surface area contributed by atoms with Crippen molar-refractivity contribution in [3.05, 3.63) is 20.0 Å².